The van der Waals surface area contributed by atoms with Gasteiger partial charge in [0.05, 0.1) is 0 Å². The van der Waals surface area contributed by atoms with E-state index in [1.807, 2.05) is 0 Å². The van der Waals surface area contributed by atoms with Gasteiger partial charge >= 0.3 is 16.8 Å². The van der Waals surface area contributed by atoms with Crippen LogP contribution in [-0.4, -0.2) is 11.0 Å². The van der Waals surface area contributed by atoms with Gasteiger partial charge in [-0.25, -0.2) is 0 Å². The molecule has 0 unspecified atom stereocenters. The second kappa shape index (κ2) is 111. The van der Waals surface area contributed by atoms with Gasteiger partial charge in [-0.2, -0.15) is 0 Å². The Morgan fingerprint density at radius 1 is 0.750 bits per heavy atom. The summed E-state index contributed by atoms with van der Waals surface area (Å²) >= 11 is 0. The second-order valence-corrected chi connectivity index (χ2v) is 0. The van der Waals surface area contributed by atoms with E-state index < -0.39 is 0 Å². The molecule has 0 aliphatic rings. The van der Waals surface area contributed by atoms with Crippen LogP contribution in [0.2, 0.25) is 0 Å². The molecule has 0 aliphatic carbocycles. The summed E-state index contributed by atoms with van der Waals surface area (Å²) in [5, 5.41) is 0. The van der Waals surface area contributed by atoms with Crippen LogP contribution >= 0.6 is 0 Å². The van der Waals surface area contributed by atoms with Crippen LogP contribution in [0, 0.1) is 0 Å². The molecule has 1 radical (unpaired) electrons. The molecule has 0 heterocycles. The van der Waals surface area contributed by atoms with E-state index in [1.165, 1.54) is 0 Å². The SMILES string of the molecule is C.[Co+2].[OH-].[OH-]. The first kappa shape index (κ1) is 286. The van der Waals surface area contributed by atoms with Crippen molar-refractivity contribution in [2.24, 2.45) is 0 Å². The quantitative estimate of drug-likeness (QED) is 0.448. The van der Waals surface area contributed by atoms with Crippen LogP contribution in [0.1, 0.15) is 7.43 Å². The zero-order chi connectivity index (χ0) is 0. The summed E-state index contributed by atoms with van der Waals surface area (Å²) in [5.41, 5.74) is 0. The monoisotopic (exact) mass is 109 g/mol. The largest absolute Gasteiger partial charge is 2.00 e. The summed E-state index contributed by atoms with van der Waals surface area (Å²) in [7, 11) is 0. The average molecular weight is 109 g/mol. The van der Waals surface area contributed by atoms with E-state index in [0.29, 0.717) is 0 Å². The van der Waals surface area contributed by atoms with Gasteiger partial charge in [0.25, 0.3) is 0 Å². The van der Waals surface area contributed by atoms with E-state index in [0.717, 1.165) is 0 Å². The summed E-state index contributed by atoms with van der Waals surface area (Å²) in [6.07, 6.45) is 0. The van der Waals surface area contributed by atoms with Gasteiger partial charge in [0.15, 0.2) is 0 Å². The van der Waals surface area contributed by atoms with Crippen molar-refractivity contribution in [3.63, 3.8) is 0 Å². The van der Waals surface area contributed by atoms with Gasteiger partial charge in [-0.05, 0) is 0 Å². The first-order valence-corrected chi connectivity index (χ1v) is 0. The zero-order valence-electron chi connectivity index (χ0n) is 1.23. The standard InChI is InChI=1S/CH4.Co.2H2O/h1H4;;2*1H2/q;+2;;/p-2. The molecule has 2 N–H and O–H groups in total. The van der Waals surface area contributed by atoms with Crippen molar-refractivity contribution in [2.75, 3.05) is 0 Å². The van der Waals surface area contributed by atoms with Crippen molar-refractivity contribution in [3.05, 3.63) is 0 Å². The van der Waals surface area contributed by atoms with E-state index in [9.17, 15) is 0 Å². The zero-order valence-corrected chi connectivity index (χ0v) is 2.27. The first-order valence-electron chi connectivity index (χ1n) is 0. The maximum atomic E-state index is 0. The van der Waals surface area contributed by atoms with Crippen molar-refractivity contribution in [3.8, 4) is 0 Å². The molecule has 0 saturated carbocycles. The Morgan fingerprint density at radius 3 is 0.750 bits per heavy atom. The van der Waals surface area contributed by atoms with Crippen LogP contribution < -0.4 is 0 Å². The number of rotatable bonds is 0. The molecule has 0 aromatic rings. The Bertz CT molecular complexity index is 6.00. The fourth-order valence-corrected chi connectivity index (χ4v) is 0. The molecule has 31 valence electrons. The predicted octanol–water partition coefficient (Wildman–Crippen LogP) is 0.280. The van der Waals surface area contributed by atoms with Gasteiger partial charge in [-0.1, -0.05) is 7.43 Å². The molecule has 0 atom stereocenters. The van der Waals surface area contributed by atoms with Crippen molar-refractivity contribution in [2.45, 2.75) is 7.43 Å². The summed E-state index contributed by atoms with van der Waals surface area (Å²) in [4.78, 5) is 0. The minimum absolute atomic E-state index is 0. The van der Waals surface area contributed by atoms with Crippen molar-refractivity contribution in [1.29, 1.82) is 0 Å². The van der Waals surface area contributed by atoms with E-state index in [1.54, 1.807) is 0 Å². The molecule has 0 fully saturated rings. The van der Waals surface area contributed by atoms with Crippen LogP contribution in [0.4, 0.5) is 0 Å². The predicted molar refractivity (Wildman–Crippen MR) is 10.6 cm³/mol. The second-order valence-electron chi connectivity index (χ2n) is 0. The molecule has 0 aromatic heterocycles. The minimum Gasteiger partial charge on any atom is -0.870 e. The van der Waals surface area contributed by atoms with Crippen LogP contribution in [0.25, 0.3) is 0 Å². The van der Waals surface area contributed by atoms with Gasteiger partial charge < -0.3 is 11.0 Å². The Balaban J connectivity index is 0. The number of hydrogen-bond donors (Lipinski definition) is 0. The maximum Gasteiger partial charge on any atom is 2.00 e. The van der Waals surface area contributed by atoms with Gasteiger partial charge in [0.2, 0.25) is 0 Å². The minimum atomic E-state index is 0. The Hall–Kier alpha value is 0.426. The molecule has 0 rings (SSSR count). The third-order valence-corrected chi connectivity index (χ3v) is 0. The van der Waals surface area contributed by atoms with Crippen molar-refractivity contribution >= 4 is 0 Å². The fraction of sp³-hybridized carbons (Fsp3) is 1.00. The molecule has 0 spiro atoms. The summed E-state index contributed by atoms with van der Waals surface area (Å²) in [6.45, 7) is 0. The normalized spacial score (nSPS) is 0. The Kier molecular flexibility index (Phi) is 7920. The van der Waals surface area contributed by atoms with Crippen molar-refractivity contribution < 1.29 is 27.7 Å². The van der Waals surface area contributed by atoms with Gasteiger partial charge in [0.1, 0.15) is 0 Å². The maximum absolute atomic E-state index is 0. The molecule has 2 nitrogen and oxygen atoms in total. The molecular weight excluding hydrogens is 103 g/mol. The fourth-order valence-electron chi connectivity index (χ4n) is 0. The molecule has 4 heavy (non-hydrogen) atoms. The Morgan fingerprint density at radius 2 is 0.750 bits per heavy atom. The average Bonchev–Trinajstić information content (AvgIpc) is 0. The van der Waals surface area contributed by atoms with Gasteiger partial charge in [-0.3, -0.25) is 0 Å². The van der Waals surface area contributed by atoms with E-state index in [4.69, 9.17) is 0 Å². The number of hydrogen-bond acceptors (Lipinski definition) is 2. The molecular formula is CH6CoO2. The summed E-state index contributed by atoms with van der Waals surface area (Å²) in [6, 6.07) is 0. The molecule has 0 bridgehead atoms. The summed E-state index contributed by atoms with van der Waals surface area (Å²) in [5.74, 6) is 0. The van der Waals surface area contributed by atoms with Crippen molar-refractivity contribution in [1.82, 2.24) is 0 Å². The third-order valence-electron chi connectivity index (χ3n) is 0. The summed E-state index contributed by atoms with van der Waals surface area (Å²) < 4.78 is 0. The smallest absolute Gasteiger partial charge is 0.870 e. The molecule has 0 saturated heterocycles. The first-order chi connectivity index (χ1) is 0. The topological polar surface area (TPSA) is 60.0 Å². The molecule has 0 aliphatic heterocycles. The van der Waals surface area contributed by atoms with Crippen LogP contribution in [0.3, 0.4) is 0 Å². The van der Waals surface area contributed by atoms with E-state index in [2.05, 4.69) is 0 Å². The van der Waals surface area contributed by atoms with Crippen LogP contribution in [0.5, 0.6) is 0 Å². The van der Waals surface area contributed by atoms with Crippen LogP contribution in [-0.2, 0) is 16.8 Å². The van der Waals surface area contributed by atoms with Gasteiger partial charge in [0, 0.05) is 0 Å². The molecule has 0 amide bonds. The van der Waals surface area contributed by atoms with E-state index in [-0.39, 0.29) is 35.2 Å². The molecule has 0 aromatic carbocycles. The van der Waals surface area contributed by atoms with Crippen LogP contribution in [0.15, 0.2) is 0 Å². The van der Waals surface area contributed by atoms with E-state index >= 15 is 0 Å². The van der Waals surface area contributed by atoms with Gasteiger partial charge in [-0.15, -0.1) is 0 Å². The molecule has 3 heteroatoms. The Labute approximate surface area is 36.0 Å². The third kappa shape index (κ3) is 27.1.